The number of carbonyl (C=O) groups is 1. The Morgan fingerprint density at radius 3 is 1.56 bits per heavy atom. The van der Waals surface area contributed by atoms with Crippen LogP contribution in [0.25, 0.3) is 0 Å². The molecule has 0 aromatic carbocycles. The first-order valence-electron chi connectivity index (χ1n) is 23.2. The summed E-state index contributed by atoms with van der Waals surface area (Å²) in [4.78, 5) is 13.1. The van der Waals surface area contributed by atoms with Crippen molar-refractivity contribution in [2.75, 3.05) is 26.4 Å². The van der Waals surface area contributed by atoms with Crippen LogP contribution in [0.1, 0.15) is 110 Å². The van der Waals surface area contributed by atoms with Crippen LogP contribution >= 0.6 is 0 Å². The highest BCUT2D eigenvalue weighted by Crippen LogP contribution is 2.33. The molecule has 0 radical (unpaired) electrons. The van der Waals surface area contributed by atoms with E-state index >= 15 is 0 Å². The molecule has 3 rings (SSSR count). The van der Waals surface area contributed by atoms with Crippen molar-refractivity contribution in [2.45, 2.75) is 214 Å². The minimum atomic E-state index is -1.98. The van der Waals surface area contributed by atoms with Crippen molar-refractivity contribution in [3.63, 3.8) is 0 Å². The number of aliphatic hydroxyl groups excluding tert-OH is 11. The Morgan fingerprint density at radius 2 is 1.03 bits per heavy atom. The standard InChI is InChI=1S/C45H79NO18/c1-3-5-7-9-11-13-15-17-19-21-23-33(51)46-28(29(50)22-20-18-16-14-12-10-8-6-4-2)27-59-43-39(57)36(54)41(31(25-48)61-43)64-45-40(58)37(55)42(32(26-49)62-45)63-44-38(56)35(53)34(52)30(24-47)60-44/h4,6,12,14,20,22,28-32,34-45,47-50,52-58H,3,5,7-11,13,15-19,21,23-27H2,1-2H3,(H,46,51)/b6-4+,14-12+,22-20+. The van der Waals surface area contributed by atoms with Gasteiger partial charge in [0.15, 0.2) is 18.9 Å². The molecule has 3 aliphatic heterocycles. The second kappa shape index (κ2) is 31.1. The second-order valence-electron chi connectivity index (χ2n) is 16.9. The van der Waals surface area contributed by atoms with Crippen LogP contribution in [-0.4, -0.2) is 193 Å². The molecule has 19 heteroatoms. The molecule has 0 saturated carbocycles. The minimum absolute atomic E-state index is 0.232. The quantitative estimate of drug-likeness (QED) is 0.0330. The Bertz CT molecular complexity index is 1340. The Kier molecular flexibility index (Phi) is 27.4. The van der Waals surface area contributed by atoms with E-state index in [1.165, 1.54) is 38.5 Å². The molecule has 0 aliphatic carbocycles. The Labute approximate surface area is 377 Å². The normalized spacial score (nSPS) is 34.8. The lowest BCUT2D eigenvalue weighted by Gasteiger charge is -2.48. The Hall–Kier alpha value is -1.99. The maximum atomic E-state index is 13.1. The molecule has 3 aliphatic rings. The van der Waals surface area contributed by atoms with E-state index in [0.717, 1.165) is 38.5 Å². The summed E-state index contributed by atoms with van der Waals surface area (Å²) in [5.74, 6) is -0.299. The molecule has 17 unspecified atom stereocenters. The number of unbranched alkanes of at least 4 members (excludes halogenated alkanes) is 11. The van der Waals surface area contributed by atoms with E-state index in [1.807, 2.05) is 13.0 Å². The predicted molar refractivity (Wildman–Crippen MR) is 231 cm³/mol. The molecule has 0 aromatic heterocycles. The molecule has 372 valence electrons. The van der Waals surface area contributed by atoms with E-state index in [-0.39, 0.29) is 18.9 Å². The molecule has 64 heavy (non-hydrogen) atoms. The third-order valence-electron chi connectivity index (χ3n) is 11.8. The molecule has 17 atom stereocenters. The highest BCUT2D eigenvalue weighted by molar-refractivity contribution is 5.76. The van der Waals surface area contributed by atoms with Gasteiger partial charge in [0.05, 0.1) is 38.6 Å². The summed E-state index contributed by atoms with van der Waals surface area (Å²) in [6.45, 7) is 1.37. The number of aliphatic hydroxyl groups is 11. The van der Waals surface area contributed by atoms with E-state index < -0.39 is 124 Å². The molecular formula is C45H79NO18. The average Bonchev–Trinajstić information content (AvgIpc) is 3.29. The highest BCUT2D eigenvalue weighted by Gasteiger charge is 2.53. The number of amides is 1. The van der Waals surface area contributed by atoms with Gasteiger partial charge in [-0.05, 0) is 39.0 Å². The van der Waals surface area contributed by atoms with Gasteiger partial charge in [0, 0.05) is 6.42 Å². The van der Waals surface area contributed by atoms with Crippen LogP contribution in [0, 0.1) is 0 Å². The van der Waals surface area contributed by atoms with Gasteiger partial charge in [-0.15, -0.1) is 0 Å². The van der Waals surface area contributed by atoms with Gasteiger partial charge in [-0.3, -0.25) is 4.79 Å². The summed E-state index contributed by atoms with van der Waals surface area (Å²) in [7, 11) is 0. The van der Waals surface area contributed by atoms with Crippen LogP contribution in [0.4, 0.5) is 0 Å². The fraction of sp³-hybridized carbons (Fsp3) is 0.844. The van der Waals surface area contributed by atoms with Crippen molar-refractivity contribution in [2.24, 2.45) is 0 Å². The lowest BCUT2D eigenvalue weighted by molar-refractivity contribution is -0.379. The van der Waals surface area contributed by atoms with Crippen LogP contribution in [0.5, 0.6) is 0 Å². The van der Waals surface area contributed by atoms with E-state index in [2.05, 4.69) is 30.5 Å². The number of allylic oxidation sites excluding steroid dienone is 5. The average molecular weight is 922 g/mol. The van der Waals surface area contributed by atoms with Gasteiger partial charge >= 0.3 is 0 Å². The van der Waals surface area contributed by atoms with E-state index in [9.17, 15) is 61.0 Å². The molecule has 0 bridgehead atoms. The molecule has 0 aromatic rings. The van der Waals surface area contributed by atoms with Crippen molar-refractivity contribution >= 4 is 5.91 Å². The lowest BCUT2D eigenvalue weighted by Crippen LogP contribution is -2.66. The van der Waals surface area contributed by atoms with Gasteiger partial charge in [-0.1, -0.05) is 101 Å². The summed E-state index contributed by atoms with van der Waals surface area (Å²) >= 11 is 0. The van der Waals surface area contributed by atoms with Crippen LogP contribution in [0.2, 0.25) is 0 Å². The smallest absolute Gasteiger partial charge is 0.220 e. The number of rotatable bonds is 30. The van der Waals surface area contributed by atoms with E-state index in [0.29, 0.717) is 12.8 Å². The molecule has 3 heterocycles. The zero-order chi connectivity index (χ0) is 47.0. The summed E-state index contributed by atoms with van der Waals surface area (Å²) < 4.78 is 33.9. The second-order valence-corrected chi connectivity index (χ2v) is 16.9. The fourth-order valence-corrected chi connectivity index (χ4v) is 7.81. The summed E-state index contributed by atoms with van der Waals surface area (Å²) in [6, 6.07) is -0.987. The summed E-state index contributed by atoms with van der Waals surface area (Å²) in [5, 5.41) is 119. The topological polar surface area (TPSA) is 307 Å². The number of ether oxygens (including phenoxy) is 6. The fourth-order valence-electron chi connectivity index (χ4n) is 7.81. The molecule has 1 amide bonds. The Balaban J connectivity index is 1.61. The monoisotopic (exact) mass is 922 g/mol. The van der Waals surface area contributed by atoms with Crippen molar-refractivity contribution in [1.29, 1.82) is 0 Å². The minimum Gasteiger partial charge on any atom is -0.394 e. The molecule has 3 saturated heterocycles. The maximum absolute atomic E-state index is 13.1. The van der Waals surface area contributed by atoms with Crippen LogP contribution in [0.15, 0.2) is 36.5 Å². The Morgan fingerprint density at radius 1 is 0.578 bits per heavy atom. The van der Waals surface area contributed by atoms with Crippen molar-refractivity contribution in [1.82, 2.24) is 5.32 Å². The molecular weight excluding hydrogens is 842 g/mol. The number of nitrogens with one attached hydrogen (secondary N) is 1. The van der Waals surface area contributed by atoms with Crippen LogP contribution < -0.4 is 5.32 Å². The predicted octanol–water partition coefficient (Wildman–Crippen LogP) is -0.143. The largest absolute Gasteiger partial charge is 0.394 e. The van der Waals surface area contributed by atoms with E-state index in [1.54, 1.807) is 12.2 Å². The number of hydrogen-bond donors (Lipinski definition) is 12. The highest BCUT2D eigenvalue weighted by atomic mass is 16.8. The SMILES string of the molecule is C/C=C/CC/C=C/CC/C=C/C(O)C(COC1OC(CO)C(OC2OC(CO)C(OC3OC(CO)C(O)C(O)C3O)C(O)C2O)C(O)C1O)NC(=O)CCCCCCCCCCCC. The number of hydrogen-bond acceptors (Lipinski definition) is 18. The van der Waals surface area contributed by atoms with Gasteiger partial charge < -0.3 is 89.9 Å². The zero-order valence-corrected chi connectivity index (χ0v) is 37.5. The maximum Gasteiger partial charge on any atom is 0.220 e. The van der Waals surface area contributed by atoms with Crippen molar-refractivity contribution in [3.05, 3.63) is 36.5 Å². The van der Waals surface area contributed by atoms with E-state index in [4.69, 9.17) is 28.4 Å². The molecule has 12 N–H and O–H groups in total. The third-order valence-corrected chi connectivity index (χ3v) is 11.8. The van der Waals surface area contributed by atoms with Gasteiger partial charge in [-0.25, -0.2) is 0 Å². The summed E-state index contributed by atoms with van der Waals surface area (Å²) in [6.07, 6.45) is -0.752. The van der Waals surface area contributed by atoms with Crippen molar-refractivity contribution < 1.29 is 89.4 Å². The van der Waals surface area contributed by atoms with Crippen molar-refractivity contribution in [3.8, 4) is 0 Å². The first kappa shape index (κ1) is 56.3. The number of carbonyl (C=O) groups excluding carboxylic acids is 1. The first-order chi connectivity index (χ1) is 30.8. The zero-order valence-electron chi connectivity index (χ0n) is 37.5. The van der Waals surface area contributed by atoms with Gasteiger partial charge in [-0.2, -0.15) is 0 Å². The van der Waals surface area contributed by atoms with Crippen LogP contribution in [0.3, 0.4) is 0 Å². The third kappa shape index (κ3) is 17.9. The molecule has 3 fully saturated rings. The first-order valence-corrected chi connectivity index (χ1v) is 23.2. The summed E-state index contributed by atoms with van der Waals surface area (Å²) in [5.41, 5.74) is 0. The molecule has 0 spiro atoms. The van der Waals surface area contributed by atoms with Gasteiger partial charge in [0.2, 0.25) is 5.91 Å². The van der Waals surface area contributed by atoms with Gasteiger partial charge in [0.1, 0.15) is 73.2 Å². The molecule has 19 nitrogen and oxygen atoms in total. The van der Waals surface area contributed by atoms with Gasteiger partial charge in [0.25, 0.3) is 0 Å². The lowest BCUT2D eigenvalue weighted by atomic mass is 9.96. The van der Waals surface area contributed by atoms with Crippen LogP contribution in [-0.2, 0) is 33.2 Å².